The second kappa shape index (κ2) is 7.07. The molecule has 0 N–H and O–H groups in total. The second-order valence-corrected chi connectivity index (χ2v) is 6.68. The van der Waals surface area contributed by atoms with Crippen molar-refractivity contribution in [3.63, 3.8) is 0 Å². The van der Waals surface area contributed by atoms with Gasteiger partial charge in [0.05, 0.1) is 11.8 Å². The van der Waals surface area contributed by atoms with Gasteiger partial charge < -0.3 is 4.79 Å². The van der Waals surface area contributed by atoms with Crippen LogP contribution in [0.5, 0.6) is 0 Å². The lowest BCUT2D eigenvalue weighted by atomic mass is 10.0. The molecule has 0 spiro atoms. The van der Waals surface area contributed by atoms with E-state index in [0.717, 1.165) is 42.0 Å². The molecule has 0 bridgehead atoms. The van der Waals surface area contributed by atoms with Gasteiger partial charge in [-0.3, -0.25) is 5.01 Å². The predicted octanol–water partition coefficient (Wildman–Crippen LogP) is 4.53. The summed E-state index contributed by atoms with van der Waals surface area (Å²) in [7, 11) is 0. The van der Waals surface area contributed by atoms with Gasteiger partial charge in [0.15, 0.2) is 0 Å². The Bertz CT molecular complexity index is 652. The largest absolute Gasteiger partial charge is 0.303 e. The van der Waals surface area contributed by atoms with E-state index in [-0.39, 0.29) is 6.04 Å². The molecule has 3 rings (SSSR count). The van der Waals surface area contributed by atoms with Gasteiger partial charge in [0.1, 0.15) is 6.29 Å². The molecule has 1 aromatic carbocycles. The SMILES string of the molecule is O=CCCCN1N=C(c2ccc(Cl)cc2)CC1c1cccs1. The van der Waals surface area contributed by atoms with Gasteiger partial charge in [0.25, 0.3) is 0 Å². The van der Waals surface area contributed by atoms with Crippen molar-refractivity contribution in [2.75, 3.05) is 6.54 Å². The standard InChI is InChI=1S/C17H17ClN2OS/c18-14-7-5-13(6-8-14)15-12-16(17-4-3-11-22-17)20(19-15)9-1-2-10-21/h3-8,10-11,16H,1-2,9,12H2. The third kappa shape index (κ3) is 3.39. The van der Waals surface area contributed by atoms with Crippen molar-refractivity contribution in [3.8, 4) is 0 Å². The van der Waals surface area contributed by atoms with Crippen LogP contribution in [0.4, 0.5) is 0 Å². The lowest BCUT2D eigenvalue weighted by Gasteiger charge is -2.22. The fourth-order valence-electron chi connectivity index (χ4n) is 2.64. The van der Waals surface area contributed by atoms with Gasteiger partial charge >= 0.3 is 0 Å². The number of carbonyl (C=O) groups excluding carboxylic acids is 1. The van der Waals surface area contributed by atoms with Crippen LogP contribution in [0.2, 0.25) is 5.02 Å². The molecule has 3 nitrogen and oxygen atoms in total. The number of benzene rings is 1. The van der Waals surface area contributed by atoms with E-state index in [4.69, 9.17) is 16.7 Å². The first-order valence-electron chi connectivity index (χ1n) is 7.35. The van der Waals surface area contributed by atoms with Crippen molar-refractivity contribution < 1.29 is 4.79 Å². The maximum Gasteiger partial charge on any atom is 0.120 e. The number of hydrazone groups is 1. The van der Waals surface area contributed by atoms with Crippen LogP contribution in [0.25, 0.3) is 0 Å². The van der Waals surface area contributed by atoms with Crippen LogP contribution in [-0.4, -0.2) is 23.6 Å². The molecule has 1 aromatic heterocycles. The van der Waals surface area contributed by atoms with E-state index < -0.39 is 0 Å². The minimum Gasteiger partial charge on any atom is -0.303 e. The van der Waals surface area contributed by atoms with E-state index in [9.17, 15) is 4.79 Å². The summed E-state index contributed by atoms with van der Waals surface area (Å²) in [5, 5.41) is 9.75. The van der Waals surface area contributed by atoms with Gasteiger partial charge in [0, 0.05) is 29.3 Å². The summed E-state index contributed by atoms with van der Waals surface area (Å²) in [6.45, 7) is 0.804. The van der Waals surface area contributed by atoms with Crippen LogP contribution >= 0.6 is 22.9 Å². The monoisotopic (exact) mass is 332 g/mol. The molecule has 0 aliphatic carbocycles. The van der Waals surface area contributed by atoms with Crippen molar-refractivity contribution in [3.05, 3.63) is 57.2 Å². The van der Waals surface area contributed by atoms with Crippen molar-refractivity contribution in [1.82, 2.24) is 5.01 Å². The van der Waals surface area contributed by atoms with Gasteiger partial charge in [-0.1, -0.05) is 29.8 Å². The Balaban J connectivity index is 1.81. The summed E-state index contributed by atoms with van der Waals surface area (Å²) in [6.07, 6.45) is 3.28. The predicted molar refractivity (Wildman–Crippen MR) is 91.7 cm³/mol. The third-order valence-corrected chi connectivity index (χ3v) is 4.98. The highest BCUT2D eigenvalue weighted by molar-refractivity contribution is 7.10. The maximum absolute atomic E-state index is 10.5. The first-order valence-corrected chi connectivity index (χ1v) is 8.61. The summed E-state index contributed by atoms with van der Waals surface area (Å²) < 4.78 is 0. The minimum atomic E-state index is 0.275. The van der Waals surface area contributed by atoms with E-state index in [1.54, 1.807) is 11.3 Å². The molecular weight excluding hydrogens is 316 g/mol. The molecular formula is C17H17ClN2OS. The number of hydrogen-bond donors (Lipinski definition) is 0. The van der Waals surface area contributed by atoms with Crippen molar-refractivity contribution in [2.45, 2.75) is 25.3 Å². The minimum absolute atomic E-state index is 0.275. The lowest BCUT2D eigenvalue weighted by Crippen LogP contribution is -2.20. The van der Waals surface area contributed by atoms with E-state index in [2.05, 4.69) is 22.5 Å². The van der Waals surface area contributed by atoms with Gasteiger partial charge in [0.2, 0.25) is 0 Å². The number of rotatable bonds is 6. The number of aldehydes is 1. The molecule has 1 unspecified atom stereocenters. The number of nitrogens with zero attached hydrogens (tertiary/aromatic N) is 2. The van der Waals surface area contributed by atoms with Crippen LogP contribution in [-0.2, 0) is 4.79 Å². The van der Waals surface area contributed by atoms with Gasteiger partial charge in [-0.2, -0.15) is 5.10 Å². The zero-order valence-corrected chi connectivity index (χ0v) is 13.7. The summed E-state index contributed by atoms with van der Waals surface area (Å²) >= 11 is 7.72. The van der Waals surface area contributed by atoms with E-state index in [0.29, 0.717) is 6.42 Å². The summed E-state index contributed by atoms with van der Waals surface area (Å²) in [5.41, 5.74) is 2.20. The molecule has 22 heavy (non-hydrogen) atoms. The highest BCUT2D eigenvalue weighted by atomic mass is 35.5. The summed E-state index contributed by atoms with van der Waals surface area (Å²) in [5.74, 6) is 0. The molecule has 0 saturated heterocycles. The molecule has 2 aromatic rings. The maximum atomic E-state index is 10.5. The molecule has 0 fully saturated rings. The molecule has 2 heterocycles. The van der Waals surface area contributed by atoms with Crippen molar-refractivity contribution >= 4 is 34.9 Å². The molecule has 1 aliphatic heterocycles. The highest BCUT2D eigenvalue weighted by Gasteiger charge is 2.28. The number of thiophene rings is 1. The Kier molecular flexibility index (Phi) is 4.90. The van der Waals surface area contributed by atoms with Crippen molar-refractivity contribution in [1.29, 1.82) is 0 Å². The average molecular weight is 333 g/mol. The molecule has 0 saturated carbocycles. The van der Waals surface area contributed by atoms with Gasteiger partial charge in [-0.05, 0) is 35.6 Å². The molecule has 1 atom stereocenters. The fraction of sp³-hybridized carbons (Fsp3) is 0.294. The number of halogens is 1. The first kappa shape index (κ1) is 15.3. The van der Waals surface area contributed by atoms with Crippen LogP contribution in [0.15, 0.2) is 46.9 Å². The Morgan fingerprint density at radius 1 is 1.32 bits per heavy atom. The first-order chi connectivity index (χ1) is 10.8. The second-order valence-electron chi connectivity index (χ2n) is 5.26. The number of carbonyl (C=O) groups is 1. The zero-order chi connectivity index (χ0) is 15.4. The lowest BCUT2D eigenvalue weighted by molar-refractivity contribution is -0.108. The topological polar surface area (TPSA) is 32.7 Å². The van der Waals surface area contributed by atoms with Crippen LogP contribution in [0.1, 0.15) is 35.7 Å². The smallest absolute Gasteiger partial charge is 0.120 e. The van der Waals surface area contributed by atoms with E-state index in [1.807, 2.05) is 24.3 Å². The summed E-state index contributed by atoms with van der Waals surface area (Å²) in [4.78, 5) is 11.9. The average Bonchev–Trinajstić information content (AvgIpc) is 3.17. The zero-order valence-electron chi connectivity index (χ0n) is 12.1. The van der Waals surface area contributed by atoms with Crippen LogP contribution in [0.3, 0.4) is 0 Å². The van der Waals surface area contributed by atoms with Gasteiger partial charge in [-0.15, -0.1) is 11.3 Å². The van der Waals surface area contributed by atoms with E-state index >= 15 is 0 Å². The Hall–Kier alpha value is -1.65. The highest BCUT2D eigenvalue weighted by Crippen LogP contribution is 2.35. The molecule has 0 radical (unpaired) electrons. The molecule has 114 valence electrons. The van der Waals surface area contributed by atoms with Crippen LogP contribution in [0, 0.1) is 0 Å². The van der Waals surface area contributed by atoms with E-state index in [1.165, 1.54) is 4.88 Å². The fourth-order valence-corrected chi connectivity index (χ4v) is 3.60. The molecule has 0 amide bonds. The third-order valence-electron chi connectivity index (χ3n) is 3.75. The van der Waals surface area contributed by atoms with Gasteiger partial charge in [-0.25, -0.2) is 0 Å². The quantitative estimate of drug-likeness (QED) is 0.575. The Morgan fingerprint density at radius 3 is 2.82 bits per heavy atom. The number of hydrogen-bond acceptors (Lipinski definition) is 4. The van der Waals surface area contributed by atoms with Crippen molar-refractivity contribution in [2.24, 2.45) is 5.10 Å². The Labute approximate surface area is 139 Å². The molecule has 5 heteroatoms. The number of unbranched alkanes of at least 4 members (excludes halogenated alkanes) is 1. The normalized spacial score (nSPS) is 17.6. The Morgan fingerprint density at radius 2 is 2.14 bits per heavy atom. The van der Waals surface area contributed by atoms with Crippen LogP contribution < -0.4 is 0 Å². The summed E-state index contributed by atoms with van der Waals surface area (Å²) in [6, 6.07) is 12.3. The molecule has 1 aliphatic rings.